The lowest BCUT2D eigenvalue weighted by molar-refractivity contribution is 0.158. The van der Waals surface area contributed by atoms with Crippen LogP contribution in [0.4, 0.5) is 0 Å². The van der Waals surface area contributed by atoms with Gasteiger partial charge in [-0.1, -0.05) is 0 Å². The van der Waals surface area contributed by atoms with Crippen LogP contribution >= 0.6 is 11.8 Å². The van der Waals surface area contributed by atoms with E-state index in [0.29, 0.717) is 5.25 Å². The predicted octanol–water partition coefficient (Wildman–Crippen LogP) is 2.05. The Morgan fingerprint density at radius 3 is 3.08 bits per heavy atom. The summed E-state index contributed by atoms with van der Waals surface area (Å²) >= 11 is 1.91. The van der Waals surface area contributed by atoms with Gasteiger partial charge in [-0.25, -0.2) is 0 Å². The van der Waals surface area contributed by atoms with Gasteiger partial charge in [0.25, 0.3) is 0 Å². The fraction of sp³-hybridized carbons (Fsp3) is 0.800. The van der Waals surface area contributed by atoms with Crippen molar-refractivity contribution < 1.29 is 5.11 Å². The molecule has 0 radical (unpaired) electrons. The van der Waals surface area contributed by atoms with Gasteiger partial charge in [0, 0.05) is 11.7 Å². The smallest absolute Gasteiger partial charge is 0.0659 e. The van der Waals surface area contributed by atoms with Crippen LogP contribution < -0.4 is 0 Å². The Balaban J connectivity index is 2.10. The molecule has 1 fully saturated rings. The zero-order valence-electron chi connectivity index (χ0n) is 7.33. The maximum atomic E-state index is 9.69. The van der Waals surface area contributed by atoms with E-state index in [4.69, 9.17) is 6.42 Å². The van der Waals surface area contributed by atoms with Crippen LogP contribution in [-0.4, -0.2) is 22.2 Å². The minimum absolute atomic E-state index is 0.120. The normalized spacial score (nSPS) is 25.2. The van der Waals surface area contributed by atoms with Gasteiger partial charge in [-0.3, -0.25) is 0 Å². The van der Waals surface area contributed by atoms with Crippen molar-refractivity contribution >= 4 is 11.8 Å². The number of unbranched alkanes of at least 4 members (excludes halogenated alkanes) is 1. The van der Waals surface area contributed by atoms with Crippen molar-refractivity contribution in [2.24, 2.45) is 0 Å². The van der Waals surface area contributed by atoms with Crippen LogP contribution in [0, 0.1) is 12.3 Å². The Bertz CT molecular complexity index is 156. The number of hydrogen-bond acceptors (Lipinski definition) is 2. The average Bonchev–Trinajstić information content (AvgIpc) is 2.56. The maximum absolute atomic E-state index is 9.69. The van der Waals surface area contributed by atoms with Crippen molar-refractivity contribution in [3.8, 4) is 12.3 Å². The molecule has 2 heteroatoms. The van der Waals surface area contributed by atoms with Crippen molar-refractivity contribution in [1.82, 2.24) is 0 Å². The molecule has 1 rings (SSSR count). The summed E-state index contributed by atoms with van der Waals surface area (Å²) in [6.07, 6.45) is 10.1. The maximum Gasteiger partial charge on any atom is 0.0659 e. The Morgan fingerprint density at radius 1 is 1.67 bits per heavy atom. The van der Waals surface area contributed by atoms with Gasteiger partial charge < -0.3 is 5.11 Å². The molecule has 1 N–H and O–H groups in total. The first kappa shape index (κ1) is 9.95. The zero-order valence-corrected chi connectivity index (χ0v) is 8.15. The highest BCUT2D eigenvalue weighted by Crippen LogP contribution is 2.30. The van der Waals surface area contributed by atoms with Gasteiger partial charge >= 0.3 is 0 Å². The summed E-state index contributed by atoms with van der Waals surface area (Å²) in [5.41, 5.74) is 0. The first-order valence-electron chi connectivity index (χ1n) is 4.57. The van der Waals surface area contributed by atoms with E-state index in [9.17, 15) is 5.11 Å². The second kappa shape index (κ2) is 5.50. The summed E-state index contributed by atoms with van der Waals surface area (Å²) in [7, 11) is 0. The highest BCUT2D eigenvalue weighted by Gasteiger charge is 2.22. The highest BCUT2D eigenvalue weighted by atomic mass is 32.2. The van der Waals surface area contributed by atoms with E-state index < -0.39 is 0 Å². The standard InChI is InChI=1S/C10H16OS/c1-2-3-4-6-9(11)10-7-5-8-12-10/h1,9-11H,3-8H2. The highest BCUT2D eigenvalue weighted by molar-refractivity contribution is 8.00. The first-order valence-corrected chi connectivity index (χ1v) is 5.62. The number of aliphatic hydroxyl groups excluding tert-OH is 1. The molecule has 0 bridgehead atoms. The third-order valence-corrected chi connectivity index (χ3v) is 3.72. The van der Waals surface area contributed by atoms with Crippen molar-refractivity contribution in [3.63, 3.8) is 0 Å². The van der Waals surface area contributed by atoms with Crippen LogP contribution in [0.2, 0.25) is 0 Å². The summed E-state index contributed by atoms with van der Waals surface area (Å²) < 4.78 is 0. The van der Waals surface area contributed by atoms with Gasteiger partial charge in [0.2, 0.25) is 0 Å². The molecule has 0 spiro atoms. The van der Waals surface area contributed by atoms with E-state index in [1.807, 2.05) is 11.8 Å². The molecule has 0 aromatic carbocycles. The van der Waals surface area contributed by atoms with E-state index in [2.05, 4.69) is 5.92 Å². The predicted molar refractivity (Wildman–Crippen MR) is 54.2 cm³/mol. The summed E-state index contributed by atoms with van der Waals surface area (Å²) in [5, 5.41) is 10.2. The molecule has 0 aromatic heterocycles. The van der Waals surface area contributed by atoms with E-state index in [1.165, 1.54) is 18.6 Å². The molecular weight excluding hydrogens is 168 g/mol. The van der Waals surface area contributed by atoms with Gasteiger partial charge in [0.05, 0.1) is 6.10 Å². The van der Waals surface area contributed by atoms with Gasteiger partial charge in [-0.05, 0) is 31.4 Å². The molecule has 2 unspecified atom stereocenters. The summed E-state index contributed by atoms with van der Waals surface area (Å²) in [5.74, 6) is 3.81. The number of rotatable bonds is 4. The Hall–Kier alpha value is -0.130. The summed E-state index contributed by atoms with van der Waals surface area (Å²) in [6, 6.07) is 0. The van der Waals surface area contributed by atoms with Crippen molar-refractivity contribution in [1.29, 1.82) is 0 Å². The monoisotopic (exact) mass is 184 g/mol. The largest absolute Gasteiger partial charge is 0.392 e. The molecule has 2 atom stereocenters. The Labute approximate surface area is 78.9 Å². The molecule has 1 nitrogen and oxygen atoms in total. The van der Waals surface area contributed by atoms with Crippen LogP contribution in [0.1, 0.15) is 32.1 Å². The molecule has 1 heterocycles. The Kier molecular flexibility index (Phi) is 4.57. The number of thioether (sulfide) groups is 1. The van der Waals surface area contributed by atoms with Crippen LogP contribution in [0.3, 0.4) is 0 Å². The molecule has 0 amide bonds. The molecule has 0 aromatic rings. The minimum Gasteiger partial charge on any atom is -0.392 e. The molecule has 12 heavy (non-hydrogen) atoms. The van der Waals surface area contributed by atoms with Crippen LogP contribution in [0.25, 0.3) is 0 Å². The summed E-state index contributed by atoms with van der Waals surface area (Å²) in [6.45, 7) is 0. The first-order chi connectivity index (χ1) is 5.84. The molecule has 68 valence electrons. The van der Waals surface area contributed by atoms with Gasteiger partial charge in [0.1, 0.15) is 0 Å². The van der Waals surface area contributed by atoms with E-state index in [0.717, 1.165) is 19.3 Å². The van der Waals surface area contributed by atoms with Crippen molar-refractivity contribution in [2.75, 3.05) is 5.75 Å². The van der Waals surface area contributed by atoms with Crippen molar-refractivity contribution in [2.45, 2.75) is 43.5 Å². The SMILES string of the molecule is C#CCCCC(O)C1CCCS1. The van der Waals surface area contributed by atoms with E-state index in [1.54, 1.807) is 0 Å². The second-order valence-corrected chi connectivity index (χ2v) is 4.56. The lowest BCUT2D eigenvalue weighted by Crippen LogP contribution is -2.20. The van der Waals surface area contributed by atoms with Crippen LogP contribution in [-0.2, 0) is 0 Å². The molecule has 1 aliphatic rings. The molecule has 1 aliphatic heterocycles. The number of terminal acetylenes is 1. The Morgan fingerprint density at radius 2 is 2.50 bits per heavy atom. The lowest BCUT2D eigenvalue weighted by Gasteiger charge is -2.15. The lowest BCUT2D eigenvalue weighted by atomic mass is 10.1. The molecule has 0 aliphatic carbocycles. The molecular formula is C10H16OS. The third-order valence-electron chi connectivity index (χ3n) is 2.22. The van der Waals surface area contributed by atoms with Gasteiger partial charge in [0.15, 0.2) is 0 Å². The summed E-state index contributed by atoms with van der Waals surface area (Å²) in [4.78, 5) is 0. The van der Waals surface area contributed by atoms with Gasteiger partial charge in [-0.2, -0.15) is 11.8 Å². The van der Waals surface area contributed by atoms with Crippen molar-refractivity contribution in [3.05, 3.63) is 0 Å². The fourth-order valence-corrected chi connectivity index (χ4v) is 2.83. The van der Waals surface area contributed by atoms with Crippen LogP contribution in [0.15, 0.2) is 0 Å². The van der Waals surface area contributed by atoms with E-state index >= 15 is 0 Å². The fourth-order valence-electron chi connectivity index (χ4n) is 1.51. The molecule has 1 saturated heterocycles. The minimum atomic E-state index is -0.120. The quantitative estimate of drug-likeness (QED) is 0.533. The van der Waals surface area contributed by atoms with Crippen LogP contribution in [0.5, 0.6) is 0 Å². The topological polar surface area (TPSA) is 20.2 Å². The average molecular weight is 184 g/mol. The third kappa shape index (κ3) is 3.08. The van der Waals surface area contributed by atoms with Gasteiger partial charge in [-0.15, -0.1) is 12.3 Å². The second-order valence-electron chi connectivity index (χ2n) is 3.22. The number of hydrogen-bond donors (Lipinski definition) is 1. The van der Waals surface area contributed by atoms with E-state index in [-0.39, 0.29) is 6.10 Å². The molecule has 0 saturated carbocycles. The number of aliphatic hydroxyl groups is 1. The zero-order chi connectivity index (χ0) is 8.81.